The number of likely N-dealkylation sites (tertiary alicyclic amines) is 1. The quantitative estimate of drug-likeness (QED) is 0.819. The molecule has 2 N–H and O–H groups in total. The second-order valence-corrected chi connectivity index (χ2v) is 5.24. The van der Waals surface area contributed by atoms with Crippen LogP contribution in [-0.4, -0.2) is 47.9 Å². The number of hydrogen-bond donors (Lipinski definition) is 2. The average molecular weight is 350 g/mol. The summed E-state index contributed by atoms with van der Waals surface area (Å²) in [6.45, 7) is -1.45. The van der Waals surface area contributed by atoms with E-state index in [1.165, 1.54) is 4.90 Å². The molecule has 132 valence electrons. The van der Waals surface area contributed by atoms with Crippen LogP contribution < -0.4 is 10.1 Å². The molecule has 6 nitrogen and oxygen atoms in total. The molecule has 1 heterocycles. The van der Waals surface area contributed by atoms with Gasteiger partial charge in [0.1, 0.15) is 11.6 Å². The molecule has 2 rings (SSSR count). The number of benzene rings is 1. The van der Waals surface area contributed by atoms with Crippen LogP contribution in [0.3, 0.4) is 0 Å². The number of nitrogens with zero attached hydrogens (tertiary/aromatic N) is 1. The van der Waals surface area contributed by atoms with Crippen molar-refractivity contribution in [2.45, 2.75) is 12.6 Å². The first-order chi connectivity index (χ1) is 11.2. The van der Waals surface area contributed by atoms with Gasteiger partial charge in [-0.15, -0.1) is 0 Å². The van der Waals surface area contributed by atoms with Crippen LogP contribution >= 0.6 is 0 Å². The highest BCUT2D eigenvalue weighted by molar-refractivity contribution is 5.91. The van der Waals surface area contributed by atoms with Crippen molar-refractivity contribution < 1.29 is 37.0 Å². The molecule has 24 heavy (non-hydrogen) atoms. The third-order valence-electron chi connectivity index (χ3n) is 3.40. The van der Waals surface area contributed by atoms with Crippen molar-refractivity contribution in [1.29, 1.82) is 0 Å². The average Bonchev–Trinajstić information content (AvgIpc) is 2.96. The highest BCUT2D eigenvalue weighted by Crippen LogP contribution is 2.28. The fourth-order valence-corrected chi connectivity index (χ4v) is 2.22. The summed E-state index contributed by atoms with van der Waals surface area (Å²) in [6, 6.07) is 2.07. The van der Waals surface area contributed by atoms with Gasteiger partial charge >= 0.3 is 18.2 Å². The van der Waals surface area contributed by atoms with Gasteiger partial charge in [-0.25, -0.2) is 9.18 Å². The maximum Gasteiger partial charge on any atom is 0.422 e. The van der Waals surface area contributed by atoms with Crippen molar-refractivity contribution >= 4 is 17.7 Å². The second kappa shape index (κ2) is 6.93. The van der Waals surface area contributed by atoms with Gasteiger partial charge < -0.3 is 20.1 Å². The molecule has 0 radical (unpaired) electrons. The standard InChI is InChI=1S/C14H14F4N2O4/c15-9-1-2-10(11(5-9)24-7-14(16,17)18)19-13(23)20-4-3-8(6-20)12(21)22/h1-2,5,8H,3-4,6-7H2,(H,19,23)(H,21,22). The van der Waals surface area contributed by atoms with Crippen molar-refractivity contribution in [3.63, 3.8) is 0 Å². The maximum atomic E-state index is 13.2. The van der Waals surface area contributed by atoms with Crippen LogP contribution in [0.25, 0.3) is 0 Å². The smallest absolute Gasteiger partial charge is 0.422 e. The van der Waals surface area contributed by atoms with E-state index in [1.54, 1.807) is 0 Å². The summed E-state index contributed by atoms with van der Waals surface area (Å²) in [6.07, 6.45) is -4.33. The number of hydrogen-bond acceptors (Lipinski definition) is 3. The van der Waals surface area contributed by atoms with E-state index >= 15 is 0 Å². The van der Waals surface area contributed by atoms with Gasteiger partial charge in [0, 0.05) is 19.2 Å². The maximum absolute atomic E-state index is 13.2. The zero-order chi connectivity index (χ0) is 17.9. The van der Waals surface area contributed by atoms with Crippen LogP contribution in [0, 0.1) is 11.7 Å². The number of carboxylic acid groups (broad SMARTS) is 1. The molecule has 0 aromatic heterocycles. The third kappa shape index (κ3) is 4.74. The highest BCUT2D eigenvalue weighted by Gasteiger charge is 2.32. The lowest BCUT2D eigenvalue weighted by Gasteiger charge is -2.19. The summed E-state index contributed by atoms with van der Waals surface area (Å²) in [4.78, 5) is 24.2. The first-order valence-electron chi connectivity index (χ1n) is 6.93. The topological polar surface area (TPSA) is 78.9 Å². The van der Waals surface area contributed by atoms with Gasteiger partial charge in [0.25, 0.3) is 0 Å². The molecule has 0 spiro atoms. The first kappa shape index (κ1) is 17.8. The summed E-state index contributed by atoms with van der Waals surface area (Å²) >= 11 is 0. The van der Waals surface area contributed by atoms with Crippen LogP contribution in [0.1, 0.15) is 6.42 Å². The summed E-state index contributed by atoms with van der Waals surface area (Å²) in [7, 11) is 0. The largest absolute Gasteiger partial charge is 0.482 e. The molecule has 1 fully saturated rings. The zero-order valence-corrected chi connectivity index (χ0v) is 12.3. The van der Waals surface area contributed by atoms with Crippen LogP contribution in [0.2, 0.25) is 0 Å². The van der Waals surface area contributed by atoms with Gasteiger partial charge in [0.05, 0.1) is 11.6 Å². The molecule has 0 bridgehead atoms. The molecule has 1 aromatic carbocycles. The Bertz CT molecular complexity index is 636. The Kier molecular flexibility index (Phi) is 5.15. The normalized spacial score (nSPS) is 17.7. The number of rotatable bonds is 4. The number of alkyl halides is 3. The Hall–Kier alpha value is -2.52. The van der Waals surface area contributed by atoms with E-state index in [4.69, 9.17) is 5.11 Å². The molecule has 0 aliphatic carbocycles. The van der Waals surface area contributed by atoms with Crippen LogP contribution in [-0.2, 0) is 4.79 Å². The Morgan fingerprint density at radius 1 is 1.38 bits per heavy atom. The summed E-state index contributed by atoms with van der Waals surface area (Å²) in [5, 5.41) is 11.2. The number of amides is 2. The molecule has 0 saturated carbocycles. The van der Waals surface area contributed by atoms with E-state index in [1.807, 2.05) is 0 Å². The molecular formula is C14H14F4N2O4. The van der Waals surface area contributed by atoms with E-state index in [-0.39, 0.29) is 25.2 Å². The SMILES string of the molecule is O=C(O)C1CCN(C(=O)Nc2ccc(F)cc2OCC(F)(F)F)C1. The van der Waals surface area contributed by atoms with E-state index in [9.17, 15) is 27.2 Å². The van der Waals surface area contributed by atoms with E-state index in [2.05, 4.69) is 10.1 Å². The number of carboxylic acids is 1. The van der Waals surface area contributed by atoms with E-state index in [0.717, 1.165) is 18.2 Å². The minimum atomic E-state index is -4.61. The van der Waals surface area contributed by atoms with E-state index < -0.39 is 42.3 Å². The van der Waals surface area contributed by atoms with Crippen molar-refractivity contribution in [2.75, 3.05) is 25.0 Å². The number of nitrogens with one attached hydrogen (secondary N) is 1. The van der Waals surface area contributed by atoms with Gasteiger partial charge in [0.15, 0.2) is 6.61 Å². The van der Waals surface area contributed by atoms with Crippen molar-refractivity contribution in [3.05, 3.63) is 24.0 Å². The van der Waals surface area contributed by atoms with Crippen molar-refractivity contribution in [2.24, 2.45) is 5.92 Å². The predicted octanol–water partition coefficient (Wildman–Crippen LogP) is 2.71. The van der Waals surface area contributed by atoms with Crippen molar-refractivity contribution in [3.8, 4) is 5.75 Å². The summed E-state index contributed by atoms with van der Waals surface area (Å²) in [5.74, 6) is -3.00. The van der Waals surface area contributed by atoms with Crippen molar-refractivity contribution in [1.82, 2.24) is 4.90 Å². The predicted molar refractivity (Wildman–Crippen MR) is 74.3 cm³/mol. The minimum absolute atomic E-state index is 0.0128. The first-order valence-corrected chi connectivity index (χ1v) is 6.93. The molecule has 1 aliphatic rings. The molecule has 1 saturated heterocycles. The lowest BCUT2D eigenvalue weighted by atomic mass is 10.1. The molecule has 10 heteroatoms. The van der Waals surface area contributed by atoms with Crippen LogP contribution in [0.5, 0.6) is 5.75 Å². The fraction of sp³-hybridized carbons (Fsp3) is 0.429. The number of ether oxygens (including phenoxy) is 1. The molecular weight excluding hydrogens is 336 g/mol. The second-order valence-electron chi connectivity index (χ2n) is 5.24. The Balaban J connectivity index is 2.06. The Morgan fingerprint density at radius 3 is 2.67 bits per heavy atom. The Labute approximate surface area is 134 Å². The number of urea groups is 1. The molecule has 1 atom stereocenters. The van der Waals surface area contributed by atoms with Crippen LogP contribution in [0.4, 0.5) is 28.0 Å². The number of carbonyl (C=O) groups is 2. The van der Waals surface area contributed by atoms with Gasteiger partial charge in [0.2, 0.25) is 0 Å². The fourth-order valence-electron chi connectivity index (χ4n) is 2.22. The lowest BCUT2D eigenvalue weighted by molar-refractivity contribution is -0.153. The van der Waals surface area contributed by atoms with E-state index in [0.29, 0.717) is 0 Å². The summed E-state index contributed by atoms with van der Waals surface area (Å²) in [5.41, 5.74) is -0.135. The van der Waals surface area contributed by atoms with Crippen LogP contribution in [0.15, 0.2) is 18.2 Å². The highest BCUT2D eigenvalue weighted by atomic mass is 19.4. The van der Waals surface area contributed by atoms with Gasteiger partial charge in [-0.05, 0) is 18.6 Å². The lowest BCUT2D eigenvalue weighted by Crippen LogP contribution is -2.34. The molecule has 1 aliphatic heterocycles. The molecule has 2 amide bonds. The molecule has 1 aromatic rings. The Morgan fingerprint density at radius 2 is 2.08 bits per heavy atom. The number of anilines is 1. The monoisotopic (exact) mass is 350 g/mol. The van der Waals surface area contributed by atoms with Gasteiger partial charge in [-0.3, -0.25) is 4.79 Å². The minimum Gasteiger partial charge on any atom is -0.482 e. The van der Waals surface area contributed by atoms with Gasteiger partial charge in [-0.2, -0.15) is 13.2 Å². The number of aliphatic carboxylic acids is 1. The third-order valence-corrected chi connectivity index (χ3v) is 3.40. The zero-order valence-electron chi connectivity index (χ0n) is 12.3. The number of halogens is 4. The number of carbonyl (C=O) groups excluding carboxylic acids is 1. The van der Waals surface area contributed by atoms with Gasteiger partial charge in [-0.1, -0.05) is 0 Å². The summed E-state index contributed by atoms with van der Waals surface area (Å²) < 4.78 is 54.4. The molecule has 1 unspecified atom stereocenters.